The van der Waals surface area contributed by atoms with Crippen LogP contribution in [0.15, 0.2) is 191 Å². The van der Waals surface area contributed by atoms with Gasteiger partial charge in [-0.2, -0.15) is 0 Å². The summed E-state index contributed by atoms with van der Waals surface area (Å²) in [6.45, 7) is 0. The number of para-hydroxylation sites is 3. The molecule has 1 aliphatic rings. The van der Waals surface area contributed by atoms with Crippen LogP contribution in [0.5, 0.6) is 0 Å². The van der Waals surface area contributed by atoms with E-state index >= 15 is 0 Å². The van der Waals surface area contributed by atoms with Crippen molar-refractivity contribution in [1.29, 1.82) is 0 Å². The zero-order valence-electron chi connectivity index (χ0n) is 30.7. The van der Waals surface area contributed by atoms with Crippen LogP contribution in [0.4, 0.5) is 0 Å². The first kappa shape index (κ1) is 32.3. The van der Waals surface area contributed by atoms with E-state index < -0.39 is 0 Å². The fourth-order valence-corrected chi connectivity index (χ4v) is 10.1. The van der Waals surface area contributed by atoms with Gasteiger partial charge in [0.25, 0.3) is 0 Å². The van der Waals surface area contributed by atoms with Gasteiger partial charge < -0.3 is 14.3 Å². The van der Waals surface area contributed by atoms with Gasteiger partial charge in [0.1, 0.15) is 29.3 Å². The first-order valence-electron chi connectivity index (χ1n) is 19.4. The Kier molecular flexibility index (Phi) is 7.24. The van der Waals surface area contributed by atoms with Crippen molar-refractivity contribution < 1.29 is 4.42 Å². The van der Waals surface area contributed by atoms with E-state index in [9.17, 15) is 0 Å². The predicted molar refractivity (Wildman–Crippen MR) is 238 cm³/mol. The van der Waals surface area contributed by atoms with E-state index in [1.165, 1.54) is 53.2 Å². The van der Waals surface area contributed by atoms with Crippen LogP contribution in [0, 0.1) is 0 Å². The molecule has 57 heavy (non-hydrogen) atoms. The highest BCUT2D eigenvalue weighted by atomic mass is 32.1. The number of rotatable bonds is 5. The second kappa shape index (κ2) is 12.8. The maximum absolute atomic E-state index is 6.86. The number of fused-ring (bicyclic) bond motifs is 9. The number of furan rings is 1. The van der Waals surface area contributed by atoms with Crippen LogP contribution < -0.4 is 10.6 Å². The smallest absolute Gasteiger partial charge is 0.142 e. The highest BCUT2D eigenvalue weighted by molar-refractivity contribution is 7.26. The van der Waals surface area contributed by atoms with E-state index in [4.69, 9.17) is 9.41 Å². The van der Waals surface area contributed by atoms with Gasteiger partial charge >= 0.3 is 0 Å². The molecule has 0 saturated heterocycles. The molecule has 5 nitrogen and oxygen atoms in total. The summed E-state index contributed by atoms with van der Waals surface area (Å²) in [7, 11) is 0. The summed E-state index contributed by atoms with van der Waals surface area (Å²) in [5.41, 5.74) is 10.9. The highest BCUT2D eigenvalue weighted by Gasteiger charge is 2.28. The molecule has 3 aromatic heterocycles. The number of aliphatic imine (C=N–C) groups is 1. The van der Waals surface area contributed by atoms with Gasteiger partial charge in [0.05, 0.1) is 11.0 Å². The zero-order valence-corrected chi connectivity index (χ0v) is 31.5. The Hall–Kier alpha value is -6.99. The minimum atomic E-state index is -0.230. The topological polar surface area (TPSA) is 54.5 Å². The Balaban J connectivity index is 0.953. The summed E-state index contributed by atoms with van der Waals surface area (Å²) < 4.78 is 11.8. The number of hydrogen-bond acceptors (Lipinski definition) is 5. The predicted octanol–water partition coefficient (Wildman–Crippen LogP) is 13.1. The molecule has 270 valence electrons. The molecular weight excluding hydrogens is 717 g/mol. The maximum Gasteiger partial charge on any atom is 0.142 e. The van der Waals surface area contributed by atoms with Crippen LogP contribution in [-0.2, 0) is 0 Å². The first-order chi connectivity index (χ1) is 28.2. The third kappa shape index (κ3) is 5.15. The van der Waals surface area contributed by atoms with Crippen LogP contribution in [0.1, 0.15) is 29.0 Å². The fraction of sp³-hybridized carbons (Fsp3) is 0.0392. The quantitative estimate of drug-likeness (QED) is 0.184. The molecule has 6 heteroatoms. The van der Waals surface area contributed by atoms with Gasteiger partial charge in [-0.1, -0.05) is 140 Å². The largest absolute Gasteiger partial charge is 0.456 e. The number of nitrogens with one attached hydrogen (secondary N) is 2. The lowest BCUT2D eigenvalue weighted by Gasteiger charge is -2.32. The van der Waals surface area contributed by atoms with E-state index in [-0.39, 0.29) is 12.3 Å². The average Bonchev–Trinajstić information content (AvgIpc) is 3.96. The minimum absolute atomic E-state index is 0.223. The van der Waals surface area contributed by atoms with Crippen molar-refractivity contribution in [1.82, 2.24) is 15.2 Å². The van der Waals surface area contributed by atoms with Crippen LogP contribution in [-0.4, -0.2) is 10.4 Å². The molecule has 0 aliphatic carbocycles. The zero-order chi connectivity index (χ0) is 37.5. The number of nitrogens with zero attached hydrogens (tertiary/aromatic N) is 2. The Morgan fingerprint density at radius 2 is 1.25 bits per heavy atom. The first-order valence-corrected chi connectivity index (χ1v) is 20.2. The molecule has 0 spiro atoms. The highest BCUT2D eigenvalue weighted by Crippen LogP contribution is 2.43. The Morgan fingerprint density at radius 3 is 2.05 bits per heavy atom. The molecule has 2 unspecified atom stereocenters. The number of amidine groups is 1. The van der Waals surface area contributed by atoms with Crippen LogP contribution in [0.25, 0.3) is 80.7 Å². The number of hydrogen-bond donors (Lipinski definition) is 2. The van der Waals surface area contributed by atoms with Gasteiger partial charge in [-0.3, -0.25) is 5.32 Å². The third-order valence-electron chi connectivity index (χ3n) is 11.5. The Morgan fingerprint density at radius 1 is 0.544 bits per heavy atom. The molecule has 1 aliphatic heterocycles. The summed E-state index contributed by atoms with van der Waals surface area (Å²) >= 11 is 1.86. The summed E-state index contributed by atoms with van der Waals surface area (Å²) in [5, 5.41) is 14.7. The van der Waals surface area contributed by atoms with E-state index in [0.29, 0.717) is 0 Å². The van der Waals surface area contributed by atoms with Gasteiger partial charge in [0, 0.05) is 58.5 Å². The molecule has 2 N–H and O–H groups in total. The van der Waals surface area contributed by atoms with E-state index in [2.05, 4.69) is 185 Å². The molecule has 0 saturated carbocycles. The van der Waals surface area contributed by atoms with Crippen LogP contribution in [0.2, 0.25) is 0 Å². The lowest BCUT2D eigenvalue weighted by atomic mass is 10.0. The normalized spacial score (nSPS) is 15.9. The fourth-order valence-electron chi connectivity index (χ4n) is 8.84. The summed E-state index contributed by atoms with van der Waals surface area (Å²) in [5.74, 6) is 0.849. The van der Waals surface area contributed by atoms with E-state index in [1.54, 1.807) is 0 Å². The molecule has 0 amide bonds. The van der Waals surface area contributed by atoms with Crippen molar-refractivity contribution in [2.45, 2.75) is 12.3 Å². The number of thiophene rings is 1. The number of benzene rings is 8. The Labute approximate surface area is 332 Å². The van der Waals surface area contributed by atoms with E-state index in [1.807, 2.05) is 23.5 Å². The van der Waals surface area contributed by atoms with Crippen molar-refractivity contribution in [3.8, 4) is 16.8 Å². The minimum Gasteiger partial charge on any atom is -0.456 e. The van der Waals surface area contributed by atoms with Crippen molar-refractivity contribution in [2.75, 3.05) is 0 Å². The molecule has 2 atom stereocenters. The van der Waals surface area contributed by atoms with Gasteiger partial charge in [0.2, 0.25) is 0 Å². The average molecular weight is 751 g/mol. The molecule has 12 rings (SSSR count). The SMILES string of the molecule is c1ccc(C2=NC(c3ccccc3)NC(c3cccc4c3oc3cc(-c5cccc6c5sc5ccc(-n7c8ccccc8c8ccccc87)cc56)ccc34)N2)cc1. The standard InChI is InChI=1S/C51H34N4OS/c1-3-13-31(14-4-1)49-52-50(32-15-5-2-6-16-32)54-51(53-49)41-22-12-20-39-38-27-25-33(29-45(38)56-47(39)41)35-19-11-21-40-42-30-34(26-28-46(42)57-48(35)40)55-43-23-9-7-17-36(43)37-18-8-10-24-44(37)55/h1-30,49,51,53H,(H,52,54). The molecule has 0 fully saturated rings. The maximum atomic E-state index is 6.86. The van der Waals surface area contributed by atoms with Gasteiger partial charge in [-0.05, 0) is 59.2 Å². The lowest BCUT2D eigenvalue weighted by molar-refractivity contribution is 0.408. The van der Waals surface area contributed by atoms with Crippen molar-refractivity contribution in [3.63, 3.8) is 0 Å². The molecule has 4 heterocycles. The van der Waals surface area contributed by atoms with Gasteiger partial charge in [-0.25, -0.2) is 4.99 Å². The lowest BCUT2D eigenvalue weighted by Crippen LogP contribution is -2.45. The second-order valence-corrected chi connectivity index (χ2v) is 15.8. The number of aromatic nitrogens is 1. The summed E-state index contributed by atoms with van der Waals surface area (Å²) in [4.78, 5) is 5.11. The molecule has 0 bridgehead atoms. The molecule has 8 aromatic carbocycles. The third-order valence-corrected chi connectivity index (χ3v) is 12.7. The molecule has 0 radical (unpaired) electrons. The van der Waals surface area contributed by atoms with Crippen molar-refractivity contribution in [2.24, 2.45) is 4.99 Å². The van der Waals surface area contributed by atoms with Crippen LogP contribution in [0.3, 0.4) is 0 Å². The Bertz CT molecular complexity index is 3320. The molecule has 11 aromatic rings. The van der Waals surface area contributed by atoms with Gasteiger partial charge in [-0.15, -0.1) is 11.3 Å². The summed E-state index contributed by atoms with van der Waals surface area (Å²) in [6, 6.07) is 64.9. The van der Waals surface area contributed by atoms with Crippen LogP contribution >= 0.6 is 11.3 Å². The van der Waals surface area contributed by atoms with Gasteiger partial charge in [0.15, 0.2) is 0 Å². The summed E-state index contributed by atoms with van der Waals surface area (Å²) in [6.07, 6.45) is -0.454. The molecular formula is C51H34N4OS. The second-order valence-electron chi connectivity index (χ2n) is 14.8. The monoisotopic (exact) mass is 750 g/mol. The van der Waals surface area contributed by atoms with E-state index in [0.717, 1.165) is 50.0 Å². The van der Waals surface area contributed by atoms with Crippen molar-refractivity contribution in [3.05, 3.63) is 199 Å². The van der Waals surface area contributed by atoms with Crippen molar-refractivity contribution >= 4 is 81.1 Å².